The Kier molecular flexibility index (Phi) is 7.18. The second-order valence-corrected chi connectivity index (χ2v) is 5.08. The number of rotatable bonds is 4. The number of alkyl halides is 3. The van der Waals surface area contributed by atoms with Crippen LogP contribution in [0.3, 0.4) is 0 Å². The third-order valence-electron chi connectivity index (χ3n) is 2.45. The average molecular weight is 462 g/mol. The summed E-state index contributed by atoms with van der Waals surface area (Å²) in [6, 6.07) is 0. The van der Waals surface area contributed by atoms with Crippen molar-refractivity contribution in [3.05, 3.63) is 27.8 Å². The molecule has 0 aliphatic rings. The first-order chi connectivity index (χ1) is 10.4. The van der Waals surface area contributed by atoms with E-state index in [1.54, 1.807) is 6.92 Å². The van der Waals surface area contributed by atoms with Crippen LogP contribution in [-0.2, 0) is 19.3 Å². The molecular weight excluding hydrogens is 448 g/mol. The summed E-state index contributed by atoms with van der Waals surface area (Å²) in [6.45, 7) is 2.08. The molecule has 0 fully saturated rings. The van der Waals surface area contributed by atoms with E-state index in [0.717, 1.165) is 16.7 Å². The molecule has 23 heavy (non-hydrogen) atoms. The first kappa shape index (κ1) is 19.6. The highest BCUT2D eigenvalue weighted by Gasteiger charge is 2.33. The lowest BCUT2D eigenvalue weighted by atomic mass is 10.5. The van der Waals surface area contributed by atoms with Gasteiger partial charge in [-0.05, 0) is 6.92 Å². The zero-order chi connectivity index (χ0) is 16.2. The molecule has 0 bridgehead atoms. The molecule has 2 aromatic rings. The van der Waals surface area contributed by atoms with Crippen LogP contribution in [0.5, 0.6) is 0 Å². The number of thiazole rings is 1. The minimum atomic E-state index is -4.43. The maximum absolute atomic E-state index is 12.4. The monoisotopic (exact) mass is 462 g/mol. The fraction of sp³-hybridized carbons (Fsp3) is 0.455. The highest BCUT2D eigenvalue weighted by Crippen LogP contribution is 2.29. The molecule has 2 rings (SSSR count). The van der Waals surface area contributed by atoms with Crippen molar-refractivity contribution >= 4 is 41.3 Å². The molecule has 7 nitrogen and oxygen atoms in total. The molecule has 0 spiro atoms. The Morgan fingerprint density at radius 3 is 2.52 bits per heavy atom. The Balaban J connectivity index is 0.00000264. The summed E-state index contributed by atoms with van der Waals surface area (Å²) in [6.07, 6.45) is -4.43. The Morgan fingerprint density at radius 1 is 1.30 bits per heavy atom. The molecule has 0 aliphatic heterocycles. The Bertz CT molecular complexity index is 656. The van der Waals surface area contributed by atoms with Gasteiger partial charge in [-0.25, -0.2) is 4.98 Å². The summed E-state index contributed by atoms with van der Waals surface area (Å²) in [5.74, 6) is 1.29. The number of hydrogen-bond donors (Lipinski definition) is 2. The molecule has 0 atom stereocenters. The summed E-state index contributed by atoms with van der Waals surface area (Å²) in [5, 5.41) is 10.7. The van der Waals surface area contributed by atoms with Crippen molar-refractivity contribution in [2.75, 3.05) is 7.05 Å². The van der Waals surface area contributed by atoms with Crippen molar-refractivity contribution < 1.29 is 17.7 Å². The van der Waals surface area contributed by atoms with Crippen LogP contribution >= 0.6 is 35.3 Å². The van der Waals surface area contributed by atoms with E-state index in [-0.39, 0.29) is 37.1 Å². The SMILES string of the molecule is CN=C(NCc1nc(C)no1)NCc1nc(C(F)(F)F)cs1.I. The minimum Gasteiger partial charge on any atom is -0.350 e. The van der Waals surface area contributed by atoms with E-state index in [4.69, 9.17) is 4.52 Å². The van der Waals surface area contributed by atoms with E-state index >= 15 is 0 Å². The molecule has 0 aromatic carbocycles. The van der Waals surface area contributed by atoms with Crippen LogP contribution < -0.4 is 10.6 Å². The molecule has 0 unspecified atom stereocenters. The van der Waals surface area contributed by atoms with Gasteiger partial charge in [0.1, 0.15) is 5.01 Å². The molecule has 0 aliphatic carbocycles. The van der Waals surface area contributed by atoms with Gasteiger partial charge in [-0.2, -0.15) is 18.2 Å². The second-order valence-electron chi connectivity index (χ2n) is 4.14. The van der Waals surface area contributed by atoms with E-state index in [0.29, 0.717) is 22.7 Å². The van der Waals surface area contributed by atoms with Crippen molar-refractivity contribution in [2.24, 2.45) is 4.99 Å². The maximum atomic E-state index is 12.4. The lowest BCUT2D eigenvalue weighted by Gasteiger charge is -2.08. The molecule has 2 aromatic heterocycles. The summed E-state index contributed by atoms with van der Waals surface area (Å²) < 4.78 is 42.2. The predicted molar refractivity (Wildman–Crippen MR) is 88.6 cm³/mol. The smallest absolute Gasteiger partial charge is 0.350 e. The fourth-order valence-corrected chi connectivity index (χ4v) is 2.21. The van der Waals surface area contributed by atoms with Gasteiger partial charge in [0, 0.05) is 12.4 Å². The van der Waals surface area contributed by atoms with E-state index in [2.05, 4.69) is 30.8 Å². The van der Waals surface area contributed by atoms with Crippen LogP contribution in [0.25, 0.3) is 0 Å². The van der Waals surface area contributed by atoms with Crippen LogP contribution in [0, 0.1) is 6.92 Å². The van der Waals surface area contributed by atoms with Crippen LogP contribution in [0.15, 0.2) is 14.9 Å². The van der Waals surface area contributed by atoms with Crippen LogP contribution in [0.4, 0.5) is 13.2 Å². The minimum absolute atomic E-state index is 0. The van der Waals surface area contributed by atoms with Gasteiger partial charge in [0.05, 0.1) is 13.1 Å². The van der Waals surface area contributed by atoms with Gasteiger partial charge in [0.2, 0.25) is 5.89 Å². The van der Waals surface area contributed by atoms with E-state index in [9.17, 15) is 13.2 Å². The zero-order valence-electron chi connectivity index (χ0n) is 12.1. The molecule has 0 radical (unpaired) electrons. The standard InChI is InChI=1S/C11H13F3N6OS.HI/c1-6-18-8(21-20-6)3-16-10(15-2)17-4-9-19-7(5-22-9)11(12,13)14;/h5H,3-4H2,1-2H3,(H2,15,16,17);1H. The Labute approximate surface area is 150 Å². The topological polar surface area (TPSA) is 88.2 Å². The van der Waals surface area contributed by atoms with E-state index in [1.807, 2.05) is 0 Å². The van der Waals surface area contributed by atoms with E-state index < -0.39 is 11.9 Å². The highest BCUT2D eigenvalue weighted by atomic mass is 127. The lowest BCUT2D eigenvalue weighted by Crippen LogP contribution is -2.36. The van der Waals surface area contributed by atoms with Gasteiger partial charge in [0.25, 0.3) is 0 Å². The van der Waals surface area contributed by atoms with Gasteiger partial charge in [-0.3, -0.25) is 4.99 Å². The maximum Gasteiger partial charge on any atom is 0.434 e. The van der Waals surface area contributed by atoms with Crippen molar-refractivity contribution in [2.45, 2.75) is 26.2 Å². The number of hydrogen-bond acceptors (Lipinski definition) is 6. The summed E-state index contributed by atoms with van der Waals surface area (Å²) in [4.78, 5) is 11.5. The number of nitrogens with one attached hydrogen (secondary N) is 2. The lowest BCUT2D eigenvalue weighted by molar-refractivity contribution is -0.140. The van der Waals surface area contributed by atoms with Crippen LogP contribution in [0.2, 0.25) is 0 Å². The Hall–Kier alpha value is -1.44. The average Bonchev–Trinajstić information content (AvgIpc) is 3.07. The van der Waals surface area contributed by atoms with Gasteiger partial charge in [-0.1, -0.05) is 5.16 Å². The molecule has 0 amide bonds. The third kappa shape index (κ3) is 5.93. The van der Waals surface area contributed by atoms with Crippen LogP contribution in [0.1, 0.15) is 22.4 Å². The molecule has 12 heteroatoms. The van der Waals surface area contributed by atoms with Crippen molar-refractivity contribution in [1.82, 2.24) is 25.8 Å². The highest BCUT2D eigenvalue weighted by molar-refractivity contribution is 14.0. The zero-order valence-corrected chi connectivity index (χ0v) is 15.3. The van der Waals surface area contributed by atoms with Crippen molar-refractivity contribution in [3.8, 4) is 0 Å². The third-order valence-corrected chi connectivity index (χ3v) is 3.30. The van der Waals surface area contributed by atoms with Crippen LogP contribution in [-0.4, -0.2) is 28.1 Å². The summed E-state index contributed by atoms with van der Waals surface area (Å²) in [5.41, 5.74) is -0.890. The molecule has 0 saturated heterocycles. The number of aryl methyl sites for hydroxylation is 1. The molecule has 0 saturated carbocycles. The molecule has 128 valence electrons. The second kappa shape index (κ2) is 8.42. The van der Waals surface area contributed by atoms with Crippen molar-refractivity contribution in [1.29, 1.82) is 0 Å². The van der Waals surface area contributed by atoms with Gasteiger partial charge in [0.15, 0.2) is 17.5 Å². The summed E-state index contributed by atoms with van der Waals surface area (Å²) >= 11 is 0.929. The number of guanidine groups is 1. The quantitative estimate of drug-likeness (QED) is 0.412. The number of aromatic nitrogens is 3. The van der Waals surface area contributed by atoms with E-state index in [1.165, 1.54) is 7.05 Å². The normalized spacial score (nSPS) is 12.0. The number of halogens is 4. The predicted octanol–water partition coefficient (Wildman–Crippen LogP) is 2.34. The number of nitrogens with zero attached hydrogens (tertiary/aromatic N) is 4. The van der Waals surface area contributed by atoms with Gasteiger partial charge >= 0.3 is 6.18 Å². The largest absolute Gasteiger partial charge is 0.434 e. The first-order valence-electron chi connectivity index (χ1n) is 6.14. The molecule has 2 heterocycles. The Morgan fingerprint density at radius 2 is 2.00 bits per heavy atom. The van der Waals surface area contributed by atoms with Gasteiger partial charge in [-0.15, -0.1) is 35.3 Å². The molecule has 2 N–H and O–H groups in total. The molecular formula is C11H14F3IN6OS. The van der Waals surface area contributed by atoms with Crippen molar-refractivity contribution in [3.63, 3.8) is 0 Å². The number of aliphatic imine (C=N–C) groups is 1. The van der Waals surface area contributed by atoms with Gasteiger partial charge < -0.3 is 15.2 Å². The fourth-order valence-electron chi connectivity index (χ4n) is 1.47. The first-order valence-corrected chi connectivity index (χ1v) is 7.01. The summed E-state index contributed by atoms with van der Waals surface area (Å²) in [7, 11) is 1.54.